The second-order valence-corrected chi connectivity index (χ2v) is 7.53. The van der Waals surface area contributed by atoms with Crippen LogP contribution in [0.15, 0.2) is 72.8 Å². The molecule has 4 rings (SSSR count). The summed E-state index contributed by atoms with van der Waals surface area (Å²) in [5.41, 5.74) is 4.62. The molecule has 0 unspecified atom stereocenters. The number of phenolic OH excluding ortho intramolecular Hbond substituents is 1. The van der Waals surface area contributed by atoms with Gasteiger partial charge in [0.05, 0.1) is 0 Å². The van der Waals surface area contributed by atoms with E-state index in [-0.39, 0.29) is 18.0 Å². The Morgan fingerprint density at radius 2 is 1.62 bits per heavy atom. The van der Waals surface area contributed by atoms with Crippen molar-refractivity contribution in [2.45, 2.75) is 13.0 Å². The number of piperazine rings is 1. The molecule has 1 heterocycles. The minimum atomic E-state index is 0.0132. The maximum atomic E-state index is 12.8. The Morgan fingerprint density at radius 1 is 0.897 bits per heavy atom. The summed E-state index contributed by atoms with van der Waals surface area (Å²) in [4.78, 5) is 15.2. The Labute approximate surface area is 171 Å². The third-order valence-electron chi connectivity index (χ3n) is 5.43. The number of rotatable bonds is 6. The first kappa shape index (κ1) is 19.4. The molecule has 0 radical (unpaired) electrons. The van der Waals surface area contributed by atoms with Gasteiger partial charge in [0.1, 0.15) is 5.75 Å². The predicted octanol–water partition coefficient (Wildman–Crippen LogP) is 3.89. The first-order valence-corrected chi connectivity index (χ1v) is 10.1. The fourth-order valence-electron chi connectivity index (χ4n) is 3.74. The van der Waals surface area contributed by atoms with Crippen molar-refractivity contribution in [2.75, 3.05) is 26.2 Å². The molecule has 2 N–H and O–H groups in total. The monoisotopic (exact) mass is 386 g/mol. The van der Waals surface area contributed by atoms with Crippen LogP contribution in [0.25, 0.3) is 11.1 Å². The van der Waals surface area contributed by atoms with Gasteiger partial charge >= 0.3 is 0 Å². The van der Waals surface area contributed by atoms with Crippen LogP contribution < -0.4 is 5.32 Å². The van der Waals surface area contributed by atoms with Crippen molar-refractivity contribution in [3.63, 3.8) is 0 Å². The van der Waals surface area contributed by atoms with Crippen LogP contribution in [0.5, 0.6) is 5.75 Å². The van der Waals surface area contributed by atoms with Crippen molar-refractivity contribution in [3.8, 4) is 16.9 Å². The molecule has 0 spiro atoms. The number of nitrogens with one attached hydrogen (secondary N) is 1. The number of ketones is 1. The molecule has 4 nitrogen and oxygen atoms in total. The molecule has 1 saturated heterocycles. The Hall–Kier alpha value is -2.95. The molecule has 4 heteroatoms. The highest BCUT2D eigenvalue weighted by Gasteiger charge is 2.13. The summed E-state index contributed by atoms with van der Waals surface area (Å²) in [5.74, 6) is 0.174. The lowest BCUT2D eigenvalue weighted by Crippen LogP contribution is -2.42. The molecule has 0 aliphatic carbocycles. The highest BCUT2D eigenvalue weighted by molar-refractivity contribution is 5.98. The topological polar surface area (TPSA) is 52.6 Å². The van der Waals surface area contributed by atoms with E-state index in [0.717, 1.165) is 43.9 Å². The van der Waals surface area contributed by atoms with E-state index in [1.54, 1.807) is 6.07 Å². The van der Waals surface area contributed by atoms with Crippen LogP contribution in [-0.4, -0.2) is 42.0 Å². The fraction of sp³-hybridized carbons (Fsp3) is 0.240. The van der Waals surface area contributed by atoms with E-state index >= 15 is 0 Å². The van der Waals surface area contributed by atoms with Crippen molar-refractivity contribution < 1.29 is 9.90 Å². The van der Waals surface area contributed by atoms with Gasteiger partial charge in [0.25, 0.3) is 0 Å². The zero-order valence-electron chi connectivity index (χ0n) is 16.5. The number of benzene rings is 3. The van der Waals surface area contributed by atoms with Crippen LogP contribution in [0.1, 0.15) is 21.5 Å². The molecule has 0 aromatic heterocycles. The van der Waals surface area contributed by atoms with Crippen LogP contribution in [0, 0.1) is 0 Å². The van der Waals surface area contributed by atoms with Gasteiger partial charge in [0.2, 0.25) is 0 Å². The molecule has 29 heavy (non-hydrogen) atoms. The maximum Gasteiger partial charge on any atom is 0.167 e. The first-order chi connectivity index (χ1) is 14.2. The summed E-state index contributed by atoms with van der Waals surface area (Å²) in [6.07, 6.45) is 0.184. The molecule has 3 aromatic carbocycles. The standard InChI is InChI=1S/C25H26N2O2/c28-24-11-10-22(20-4-2-1-3-5-20)16-23(24)17-25(29)21-8-6-19(7-9-21)18-27-14-12-26-13-15-27/h1-11,16,26,28H,12-15,17-18H2. The molecule has 0 atom stereocenters. The van der Waals surface area contributed by atoms with E-state index in [0.29, 0.717) is 11.1 Å². The third-order valence-corrected chi connectivity index (χ3v) is 5.43. The molecule has 1 aliphatic rings. The number of hydrogen-bond donors (Lipinski definition) is 2. The Morgan fingerprint density at radius 3 is 2.34 bits per heavy atom. The maximum absolute atomic E-state index is 12.8. The lowest BCUT2D eigenvalue weighted by atomic mass is 9.97. The molecule has 148 valence electrons. The zero-order chi connectivity index (χ0) is 20.1. The van der Waals surface area contributed by atoms with Crippen molar-refractivity contribution in [3.05, 3.63) is 89.5 Å². The molecule has 0 amide bonds. The summed E-state index contributed by atoms with van der Waals surface area (Å²) >= 11 is 0. The van der Waals surface area contributed by atoms with Crippen molar-refractivity contribution >= 4 is 5.78 Å². The van der Waals surface area contributed by atoms with Gasteiger partial charge < -0.3 is 10.4 Å². The minimum Gasteiger partial charge on any atom is -0.508 e. The lowest BCUT2D eigenvalue weighted by Gasteiger charge is -2.27. The number of carbonyl (C=O) groups excluding carboxylic acids is 1. The van der Waals surface area contributed by atoms with E-state index in [2.05, 4.69) is 10.2 Å². The largest absolute Gasteiger partial charge is 0.508 e. The predicted molar refractivity (Wildman–Crippen MR) is 116 cm³/mol. The lowest BCUT2D eigenvalue weighted by molar-refractivity contribution is 0.0992. The second-order valence-electron chi connectivity index (χ2n) is 7.53. The Bertz CT molecular complexity index is 962. The number of aromatic hydroxyl groups is 1. The number of hydrogen-bond acceptors (Lipinski definition) is 4. The average Bonchev–Trinajstić information content (AvgIpc) is 2.77. The number of carbonyl (C=O) groups is 1. The SMILES string of the molecule is O=C(Cc1cc(-c2ccccc2)ccc1O)c1ccc(CN2CCNCC2)cc1. The summed E-state index contributed by atoms with van der Waals surface area (Å²) in [6, 6.07) is 23.3. The first-order valence-electron chi connectivity index (χ1n) is 10.1. The number of Topliss-reactive ketones (excluding diaryl/α,β-unsaturated/α-hetero) is 1. The van der Waals surface area contributed by atoms with E-state index in [4.69, 9.17) is 0 Å². The number of nitrogens with zero attached hydrogens (tertiary/aromatic N) is 1. The van der Waals surface area contributed by atoms with E-state index in [1.165, 1.54) is 5.56 Å². The van der Waals surface area contributed by atoms with Crippen LogP contribution >= 0.6 is 0 Å². The quantitative estimate of drug-likeness (QED) is 0.631. The molecule has 0 bridgehead atoms. The highest BCUT2D eigenvalue weighted by Crippen LogP contribution is 2.27. The molecular weight excluding hydrogens is 360 g/mol. The molecule has 0 saturated carbocycles. The molecule has 1 aliphatic heterocycles. The third kappa shape index (κ3) is 4.91. The second kappa shape index (κ2) is 9.03. The van der Waals surface area contributed by atoms with E-state index in [9.17, 15) is 9.90 Å². The Kier molecular flexibility index (Phi) is 6.03. The van der Waals surface area contributed by atoms with Gasteiger partial charge in [-0.1, -0.05) is 60.7 Å². The number of phenols is 1. The normalized spacial score (nSPS) is 14.6. The van der Waals surface area contributed by atoms with Crippen molar-refractivity contribution in [1.82, 2.24) is 10.2 Å². The average molecular weight is 386 g/mol. The summed E-state index contributed by atoms with van der Waals surface area (Å²) < 4.78 is 0. The van der Waals surface area contributed by atoms with Gasteiger partial charge in [-0.05, 0) is 28.8 Å². The minimum absolute atomic E-state index is 0.0132. The van der Waals surface area contributed by atoms with Gasteiger partial charge in [-0.25, -0.2) is 0 Å². The summed E-state index contributed by atoms with van der Waals surface area (Å²) in [6.45, 7) is 5.08. The molecular formula is C25H26N2O2. The smallest absolute Gasteiger partial charge is 0.167 e. The van der Waals surface area contributed by atoms with Gasteiger partial charge in [0, 0.05) is 50.3 Å². The van der Waals surface area contributed by atoms with Crippen LogP contribution in [0.3, 0.4) is 0 Å². The van der Waals surface area contributed by atoms with Gasteiger partial charge in [-0.3, -0.25) is 9.69 Å². The summed E-state index contributed by atoms with van der Waals surface area (Å²) in [5, 5.41) is 13.6. The zero-order valence-corrected chi connectivity index (χ0v) is 16.5. The highest BCUT2D eigenvalue weighted by atomic mass is 16.3. The molecule has 3 aromatic rings. The van der Waals surface area contributed by atoms with E-state index in [1.807, 2.05) is 66.7 Å². The van der Waals surface area contributed by atoms with E-state index < -0.39 is 0 Å². The molecule has 1 fully saturated rings. The van der Waals surface area contributed by atoms with Crippen molar-refractivity contribution in [1.29, 1.82) is 0 Å². The summed E-state index contributed by atoms with van der Waals surface area (Å²) in [7, 11) is 0. The van der Waals surface area contributed by atoms with Gasteiger partial charge in [-0.15, -0.1) is 0 Å². The van der Waals surface area contributed by atoms with Crippen molar-refractivity contribution in [2.24, 2.45) is 0 Å². The van der Waals surface area contributed by atoms with Crippen LogP contribution in [0.2, 0.25) is 0 Å². The van der Waals surface area contributed by atoms with Crippen LogP contribution in [-0.2, 0) is 13.0 Å². The Balaban J connectivity index is 1.45. The van der Waals surface area contributed by atoms with Gasteiger partial charge in [0.15, 0.2) is 5.78 Å². The van der Waals surface area contributed by atoms with Gasteiger partial charge in [-0.2, -0.15) is 0 Å². The fourth-order valence-corrected chi connectivity index (χ4v) is 3.74. The van der Waals surface area contributed by atoms with Crippen LogP contribution in [0.4, 0.5) is 0 Å².